The standard InChI is InChI=1S/C28H27N3O4/c1-17-9-11-23-22(13-17)27(2,3)28-15-21(20-14-19(31(33)34)10-12-24(20)35-28)25(30(23)28)26(32)29-16-18-7-5-4-6-8-18/h4-14,21,25H,15-16H2,1-3H3,(H,29,32). The lowest BCUT2D eigenvalue weighted by Crippen LogP contribution is -2.59. The molecule has 3 aliphatic rings. The van der Waals surface area contributed by atoms with E-state index in [-0.39, 0.29) is 17.5 Å². The van der Waals surface area contributed by atoms with E-state index in [9.17, 15) is 14.9 Å². The Bertz CT molecular complexity index is 1370. The fourth-order valence-electron chi connectivity index (χ4n) is 6.29. The Labute approximate surface area is 203 Å². The van der Waals surface area contributed by atoms with Crippen molar-refractivity contribution in [1.82, 2.24) is 5.32 Å². The van der Waals surface area contributed by atoms with Gasteiger partial charge < -0.3 is 15.0 Å². The molecule has 1 fully saturated rings. The number of ether oxygens (including phenoxy) is 1. The molecule has 3 aromatic rings. The molecule has 7 nitrogen and oxygen atoms in total. The van der Waals surface area contributed by atoms with Crippen molar-refractivity contribution in [2.75, 3.05) is 4.90 Å². The summed E-state index contributed by atoms with van der Waals surface area (Å²) in [6.45, 7) is 6.82. The smallest absolute Gasteiger partial charge is 0.269 e. The van der Waals surface area contributed by atoms with Gasteiger partial charge in [-0.05, 0) is 44.0 Å². The average molecular weight is 470 g/mol. The molecule has 1 saturated heterocycles. The second-order valence-corrected chi connectivity index (χ2v) is 10.3. The molecule has 1 N–H and O–H groups in total. The van der Waals surface area contributed by atoms with Crippen LogP contribution in [0, 0.1) is 17.0 Å². The fraction of sp³-hybridized carbons (Fsp3) is 0.321. The number of nitrogens with one attached hydrogen (secondary N) is 1. The number of nitro benzene ring substituents is 1. The summed E-state index contributed by atoms with van der Waals surface area (Å²) in [5.74, 6) is 0.281. The van der Waals surface area contributed by atoms with Gasteiger partial charge in [-0.1, -0.05) is 48.0 Å². The van der Waals surface area contributed by atoms with Crippen LogP contribution in [-0.4, -0.2) is 22.6 Å². The lowest BCUT2D eigenvalue weighted by atomic mass is 9.72. The van der Waals surface area contributed by atoms with E-state index in [1.165, 1.54) is 6.07 Å². The van der Waals surface area contributed by atoms with Crippen molar-refractivity contribution in [2.24, 2.45) is 0 Å². The zero-order valence-corrected chi connectivity index (χ0v) is 19.9. The molecule has 3 unspecified atom stereocenters. The molecule has 178 valence electrons. The first-order chi connectivity index (χ1) is 16.7. The minimum Gasteiger partial charge on any atom is -0.467 e. The normalized spacial score (nSPS) is 24.7. The number of nitrogens with zero attached hydrogens (tertiary/aromatic N) is 2. The number of carbonyl (C=O) groups is 1. The number of non-ortho nitro benzene ring substituents is 1. The van der Waals surface area contributed by atoms with E-state index >= 15 is 0 Å². The van der Waals surface area contributed by atoms with Crippen LogP contribution in [0.1, 0.15) is 48.4 Å². The van der Waals surface area contributed by atoms with E-state index in [0.717, 1.165) is 27.9 Å². The van der Waals surface area contributed by atoms with Gasteiger partial charge in [0.15, 0.2) is 5.72 Å². The minimum absolute atomic E-state index is 0.00842. The van der Waals surface area contributed by atoms with Gasteiger partial charge in [0.2, 0.25) is 5.91 Å². The highest BCUT2D eigenvalue weighted by atomic mass is 16.6. The number of aryl methyl sites for hydroxylation is 1. The van der Waals surface area contributed by atoms with Gasteiger partial charge in [-0.25, -0.2) is 0 Å². The second kappa shape index (κ2) is 7.31. The number of nitro groups is 1. The molecule has 2 bridgehead atoms. The third-order valence-electron chi connectivity index (χ3n) is 8.07. The summed E-state index contributed by atoms with van der Waals surface area (Å²) in [5.41, 5.74) is 3.89. The van der Waals surface area contributed by atoms with Crippen LogP contribution >= 0.6 is 0 Å². The summed E-state index contributed by atoms with van der Waals surface area (Å²) in [5, 5.41) is 14.7. The van der Waals surface area contributed by atoms with Crippen molar-refractivity contribution in [3.05, 3.63) is 99.1 Å². The molecular formula is C28H27N3O4. The van der Waals surface area contributed by atoms with Gasteiger partial charge in [0.05, 0.1) is 10.3 Å². The highest BCUT2D eigenvalue weighted by Crippen LogP contribution is 2.65. The van der Waals surface area contributed by atoms with Crippen molar-refractivity contribution in [3.8, 4) is 5.75 Å². The third kappa shape index (κ3) is 2.93. The van der Waals surface area contributed by atoms with E-state index in [1.807, 2.05) is 30.3 Å². The van der Waals surface area contributed by atoms with Crippen molar-refractivity contribution in [2.45, 2.75) is 56.8 Å². The van der Waals surface area contributed by atoms with Crippen LogP contribution in [0.5, 0.6) is 5.75 Å². The molecule has 35 heavy (non-hydrogen) atoms. The number of fused-ring (bicyclic) bond motifs is 5. The Morgan fingerprint density at radius 3 is 2.66 bits per heavy atom. The first-order valence-electron chi connectivity index (χ1n) is 11.9. The summed E-state index contributed by atoms with van der Waals surface area (Å²) in [6, 6.07) is 20.3. The molecule has 1 amide bonds. The third-order valence-corrected chi connectivity index (χ3v) is 8.07. The number of amides is 1. The van der Waals surface area contributed by atoms with Gasteiger partial charge in [0.1, 0.15) is 11.8 Å². The van der Waals surface area contributed by atoms with Crippen LogP contribution in [0.3, 0.4) is 0 Å². The van der Waals surface area contributed by atoms with E-state index < -0.39 is 22.1 Å². The molecule has 3 atom stereocenters. The van der Waals surface area contributed by atoms with Gasteiger partial charge in [0.25, 0.3) is 5.69 Å². The van der Waals surface area contributed by atoms with E-state index in [4.69, 9.17) is 4.74 Å². The minimum atomic E-state index is -0.758. The molecule has 3 heterocycles. The van der Waals surface area contributed by atoms with Gasteiger partial charge >= 0.3 is 0 Å². The molecule has 3 aliphatic heterocycles. The Hall–Kier alpha value is -3.87. The molecule has 6 rings (SSSR count). The number of hydrogen-bond acceptors (Lipinski definition) is 5. The first kappa shape index (κ1) is 21.6. The fourth-order valence-corrected chi connectivity index (χ4v) is 6.29. The van der Waals surface area contributed by atoms with Crippen molar-refractivity contribution in [3.63, 3.8) is 0 Å². The highest BCUT2D eigenvalue weighted by molar-refractivity contribution is 5.91. The lowest BCUT2D eigenvalue weighted by Gasteiger charge is -2.45. The Balaban J connectivity index is 1.48. The van der Waals surface area contributed by atoms with Gasteiger partial charge in [-0.15, -0.1) is 0 Å². The van der Waals surface area contributed by atoms with Crippen molar-refractivity contribution >= 4 is 17.3 Å². The molecule has 7 heteroatoms. The monoisotopic (exact) mass is 469 g/mol. The highest BCUT2D eigenvalue weighted by Gasteiger charge is 2.70. The predicted octanol–water partition coefficient (Wildman–Crippen LogP) is 4.96. The number of rotatable bonds is 4. The molecule has 0 aliphatic carbocycles. The average Bonchev–Trinajstić information content (AvgIpc) is 3.22. The maximum Gasteiger partial charge on any atom is 0.269 e. The van der Waals surface area contributed by atoms with E-state index in [1.54, 1.807) is 12.1 Å². The zero-order chi connectivity index (χ0) is 24.5. The lowest BCUT2D eigenvalue weighted by molar-refractivity contribution is -0.385. The molecular weight excluding hydrogens is 442 g/mol. The number of carbonyl (C=O) groups excluding carboxylic acids is 1. The summed E-state index contributed by atoms with van der Waals surface area (Å²) in [6.07, 6.45) is 0.575. The van der Waals surface area contributed by atoms with E-state index in [2.05, 4.69) is 49.2 Å². The first-order valence-corrected chi connectivity index (χ1v) is 11.9. The topological polar surface area (TPSA) is 84.7 Å². The maximum absolute atomic E-state index is 13.9. The number of anilines is 1. The summed E-state index contributed by atoms with van der Waals surface area (Å²) in [7, 11) is 0. The second-order valence-electron chi connectivity index (χ2n) is 10.3. The van der Waals surface area contributed by atoms with E-state index in [0.29, 0.717) is 18.7 Å². The zero-order valence-electron chi connectivity index (χ0n) is 19.9. The number of hydrogen-bond donors (Lipinski definition) is 1. The largest absolute Gasteiger partial charge is 0.467 e. The quantitative estimate of drug-likeness (QED) is 0.431. The summed E-state index contributed by atoms with van der Waals surface area (Å²) < 4.78 is 6.77. The molecule has 1 spiro atoms. The predicted molar refractivity (Wildman–Crippen MR) is 133 cm³/mol. The van der Waals surface area contributed by atoms with Gasteiger partial charge in [-0.3, -0.25) is 14.9 Å². The number of benzene rings is 3. The SMILES string of the molecule is Cc1ccc2c(c1)C(C)(C)C13CC(c4cc([N+](=O)[O-])ccc4O1)C(C(=O)NCc1ccccc1)N23. The van der Waals surface area contributed by atoms with Crippen molar-refractivity contribution < 1.29 is 14.5 Å². The van der Waals surface area contributed by atoms with Crippen LogP contribution < -0.4 is 15.0 Å². The Morgan fingerprint density at radius 2 is 1.91 bits per heavy atom. The molecule has 0 radical (unpaired) electrons. The Morgan fingerprint density at radius 1 is 1.14 bits per heavy atom. The van der Waals surface area contributed by atoms with Gasteiger partial charge in [0, 0.05) is 42.3 Å². The van der Waals surface area contributed by atoms with Crippen LogP contribution in [0.2, 0.25) is 0 Å². The van der Waals surface area contributed by atoms with Crippen LogP contribution in [0.4, 0.5) is 11.4 Å². The molecule has 3 aromatic carbocycles. The summed E-state index contributed by atoms with van der Waals surface area (Å²) in [4.78, 5) is 27.2. The van der Waals surface area contributed by atoms with Crippen molar-refractivity contribution in [1.29, 1.82) is 0 Å². The van der Waals surface area contributed by atoms with Crippen LogP contribution in [0.25, 0.3) is 0 Å². The van der Waals surface area contributed by atoms with Gasteiger partial charge in [-0.2, -0.15) is 0 Å². The molecule has 0 aromatic heterocycles. The maximum atomic E-state index is 13.9. The summed E-state index contributed by atoms with van der Waals surface area (Å²) >= 11 is 0. The Kier molecular flexibility index (Phi) is 4.52. The van der Waals surface area contributed by atoms with Crippen LogP contribution in [-0.2, 0) is 16.8 Å². The molecule has 0 saturated carbocycles. The van der Waals surface area contributed by atoms with Crippen LogP contribution in [0.15, 0.2) is 66.7 Å².